The molecule has 0 atom stereocenters. The van der Waals surface area contributed by atoms with Gasteiger partial charge in [0.15, 0.2) is 0 Å². The monoisotopic (exact) mass is 324 g/mol. The Balaban J connectivity index is 0.000000150. The summed E-state index contributed by atoms with van der Waals surface area (Å²) >= 11 is 0. The van der Waals surface area contributed by atoms with Gasteiger partial charge in [-0.25, -0.2) is 0 Å². The molecule has 0 saturated carbocycles. The molecule has 4 aromatic rings. The molecule has 0 fully saturated rings. The number of benzene rings is 4. The second-order valence-corrected chi connectivity index (χ2v) is 5.68. The number of nitrogens with one attached hydrogen (secondary N) is 1. The van der Waals surface area contributed by atoms with Crippen LogP contribution >= 0.6 is 0 Å². The SMILES string of the molecule is N=C(c1ccccc1)c1ccccc1.Nc1cccc2ccccc12. The highest BCUT2D eigenvalue weighted by molar-refractivity contribution is 6.10. The van der Waals surface area contributed by atoms with Gasteiger partial charge in [-0.1, -0.05) is 97.1 Å². The molecule has 0 unspecified atom stereocenters. The smallest absolute Gasteiger partial charge is 0.0684 e. The van der Waals surface area contributed by atoms with Crippen LogP contribution in [0.4, 0.5) is 5.69 Å². The largest absolute Gasteiger partial charge is 0.398 e. The molecule has 0 saturated heterocycles. The second kappa shape index (κ2) is 7.93. The van der Waals surface area contributed by atoms with Crippen LogP contribution in [0, 0.1) is 5.41 Å². The standard InChI is InChI=1S/C13H11N.C10H9N/c14-13(11-7-3-1-4-8-11)12-9-5-2-6-10-12;11-10-7-3-5-8-4-1-2-6-9(8)10/h1-10,14H;1-7H,11H2. The molecule has 0 amide bonds. The van der Waals surface area contributed by atoms with Crippen molar-refractivity contribution >= 4 is 22.2 Å². The predicted molar refractivity (Wildman–Crippen MR) is 107 cm³/mol. The van der Waals surface area contributed by atoms with Gasteiger partial charge in [0.2, 0.25) is 0 Å². The predicted octanol–water partition coefficient (Wildman–Crippen LogP) is 5.52. The van der Waals surface area contributed by atoms with Crippen molar-refractivity contribution in [2.45, 2.75) is 0 Å². The molecule has 0 aliphatic carbocycles. The van der Waals surface area contributed by atoms with Gasteiger partial charge in [-0.05, 0) is 22.6 Å². The highest BCUT2D eigenvalue weighted by atomic mass is 14.5. The maximum absolute atomic E-state index is 7.97. The molecular formula is C23H20N2. The van der Waals surface area contributed by atoms with Gasteiger partial charge in [-0.15, -0.1) is 0 Å². The van der Waals surface area contributed by atoms with E-state index in [0.29, 0.717) is 5.71 Å². The Labute approximate surface area is 148 Å². The van der Waals surface area contributed by atoms with E-state index < -0.39 is 0 Å². The molecule has 3 N–H and O–H groups in total. The first kappa shape index (κ1) is 16.5. The van der Waals surface area contributed by atoms with Gasteiger partial charge >= 0.3 is 0 Å². The van der Waals surface area contributed by atoms with Crippen LogP contribution in [-0.2, 0) is 0 Å². The third kappa shape index (κ3) is 4.12. The molecule has 2 nitrogen and oxygen atoms in total. The molecule has 25 heavy (non-hydrogen) atoms. The molecule has 0 heterocycles. The van der Waals surface area contributed by atoms with Crippen LogP contribution in [-0.4, -0.2) is 5.71 Å². The van der Waals surface area contributed by atoms with Crippen LogP contribution in [0.5, 0.6) is 0 Å². The van der Waals surface area contributed by atoms with Crippen molar-refractivity contribution in [3.8, 4) is 0 Å². The van der Waals surface area contributed by atoms with Gasteiger partial charge in [-0.2, -0.15) is 0 Å². The molecule has 0 aliphatic rings. The summed E-state index contributed by atoms with van der Waals surface area (Å²) in [6.07, 6.45) is 0. The van der Waals surface area contributed by atoms with Gasteiger partial charge in [-0.3, -0.25) is 5.41 Å². The lowest BCUT2D eigenvalue weighted by molar-refractivity contribution is 1.46. The van der Waals surface area contributed by atoms with Gasteiger partial charge in [0.05, 0.1) is 5.71 Å². The molecule has 0 aromatic heterocycles. The van der Waals surface area contributed by atoms with Crippen LogP contribution in [0.25, 0.3) is 10.8 Å². The fourth-order valence-electron chi connectivity index (χ4n) is 2.63. The zero-order chi connectivity index (χ0) is 17.5. The van der Waals surface area contributed by atoms with E-state index in [1.807, 2.05) is 91.0 Å². The van der Waals surface area contributed by atoms with Gasteiger partial charge in [0, 0.05) is 11.1 Å². The third-order valence-electron chi connectivity index (χ3n) is 3.95. The summed E-state index contributed by atoms with van der Waals surface area (Å²) in [6, 6.07) is 33.6. The molecule has 0 aliphatic heterocycles. The Bertz CT molecular complexity index is 914. The fraction of sp³-hybridized carbons (Fsp3) is 0. The topological polar surface area (TPSA) is 49.9 Å². The molecule has 4 aromatic carbocycles. The van der Waals surface area contributed by atoms with Crippen LogP contribution in [0.3, 0.4) is 0 Å². The molecule has 0 radical (unpaired) electrons. The van der Waals surface area contributed by atoms with E-state index in [2.05, 4.69) is 12.1 Å². The molecule has 0 bridgehead atoms. The first-order valence-corrected chi connectivity index (χ1v) is 8.18. The normalized spacial score (nSPS) is 9.92. The molecule has 0 spiro atoms. The Hall–Kier alpha value is -3.39. The van der Waals surface area contributed by atoms with Crippen molar-refractivity contribution in [2.75, 3.05) is 5.73 Å². The average molecular weight is 324 g/mol. The Morgan fingerprint density at radius 1 is 0.560 bits per heavy atom. The maximum Gasteiger partial charge on any atom is 0.0684 e. The van der Waals surface area contributed by atoms with E-state index in [9.17, 15) is 0 Å². The van der Waals surface area contributed by atoms with Crippen molar-refractivity contribution in [1.29, 1.82) is 5.41 Å². The zero-order valence-electron chi connectivity index (χ0n) is 13.9. The molecule has 4 rings (SSSR count). The molecule has 122 valence electrons. The summed E-state index contributed by atoms with van der Waals surface area (Å²) in [5.74, 6) is 0. The van der Waals surface area contributed by atoms with Crippen LogP contribution < -0.4 is 5.73 Å². The minimum atomic E-state index is 0.575. The summed E-state index contributed by atoms with van der Waals surface area (Å²) in [4.78, 5) is 0. The van der Waals surface area contributed by atoms with Crippen molar-refractivity contribution in [1.82, 2.24) is 0 Å². The number of nitrogens with two attached hydrogens (primary N) is 1. The molecular weight excluding hydrogens is 304 g/mol. The zero-order valence-corrected chi connectivity index (χ0v) is 13.9. The van der Waals surface area contributed by atoms with E-state index >= 15 is 0 Å². The Morgan fingerprint density at radius 3 is 1.60 bits per heavy atom. The van der Waals surface area contributed by atoms with E-state index in [1.54, 1.807) is 0 Å². The van der Waals surface area contributed by atoms with Crippen LogP contribution in [0.2, 0.25) is 0 Å². The van der Waals surface area contributed by atoms with E-state index in [4.69, 9.17) is 11.1 Å². The number of rotatable bonds is 2. The number of anilines is 1. The maximum atomic E-state index is 7.97. The van der Waals surface area contributed by atoms with E-state index in [0.717, 1.165) is 22.2 Å². The summed E-state index contributed by atoms with van der Waals surface area (Å²) in [5.41, 5.74) is 9.10. The van der Waals surface area contributed by atoms with Gasteiger partial charge in [0.1, 0.15) is 0 Å². The second-order valence-electron chi connectivity index (χ2n) is 5.68. The summed E-state index contributed by atoms with van der Waals surface area (Å²) in [6.45, 7) is 0. The van der Waals surface area contributed by atoms with Gasteiger partial charge < -0.3 is 5.73 Å². The van der Waals surface area contributed by atoms with Crippen LogP contribution in [0.15, 0.2) is 103 Å². The highest BCUT2D eigenvalue weighted by Crippen LogP contribution is 2.19. The number of hydrogen-bond acceptors (Lipinski definition) is 2. The average Bonchev–Trinajstić information content (AvgIpc) is 2.70. The van der Waals surface area contributed by atoms with Crippen molar-refractivity contribution in [3.63, 3.8) is 0 Å². The summed E-state index contributed by atoms with van der Waals surface area (Å²) < 4.78 is 0. The fourth-order valence-corrected chi connectivity index (χ4v) is 2.63. The van der Waals surface area contributed by atoms with Crippen LogP contribution in [0.1, 0.15) is 11.1 Å². The third-order valence-corrected chi connectivity index (χ3v) is 3.95. The summed E-state index contributed by atoms with van der Waals surface area (Å²) in [7, 11) is 0. The highest BCUT2D eigenvalue weighted by Gasteiger charge is 2.01. The van der Waals surface area contributed by atoms with Crippen molar-refractivity contribution in [3.05, 3.63) is 114 Å². The number of hydrogen-bond donors (Lipinski definition) is 2. The minimum Gasteiger partial charge on any atom is -0.398 e. The van der Waals surface area contributed by atoms with E-state index in [1.165, 1.54) is 5.39 Å². The molecule has 2 heteroatoms. The summed E-state index contributed by atoms with van der Waals surface area (Å²) in [5, 5.41) is 10.3. The van der Waals surface area contributed by atoms with Gasteiger partial charge in [0.25, 0.3) is 0 Å². The quantitative estimate of drug-likeness (QED) is 0.370. The Morgan fingerprint density at radius 2 is 1.04 bits per heavy atom. The first-order valence-electron chi connectivity index (χ1n) is 8.18. The lowest BCUT2D eigenvalue weighted by Crippen LogP contribution is -1.99. The van der Waals surface area contributed by atoms with Crippen molar-refractivity contribution in [2.24, 2.45) is 0 Å². The minimum absolute atomic E-state index is 0.575. The Kier molecular flexibility index (Phi) is 5.22. The lowest BCUT2D eigenvalue weighted by atomic mass is 10.0. The van der Waals surface area contributed by atoms with E-state index in [-0.39, 0.29) is 0 Å². The number of fused-ring (bicyclic) bond motifs is 1. The lowest BCUT2D eigenvalue weighted by Gasteiger charge is -2.02. The number of nitrogen functional groups attached to an aromatic ring is 1. The first-order chi connectivity index (χ1) is 12.3. The van der Waals surface area contributed by atoms with Crippen molar-refractivity contribution < 1.29 is 0 Å².